The highest BCUT2D eigenvalue weighted by molar-refractivity contribution is 5.95. The van der Waals surface area contributed by atoms with Crippen LogP contribution in [0.15, 0.2) is 47.6 Å². The molecule has 6 heteroatoms. The smallest absolute Gasteiger partial charge is 0.271 e. The van der Waals surface area contributed by atoms with Crippen molar-refractivity contribution < 1.29 is 9.53 Å². The van der Waals surface area contributed by atoms with E-state index in [2.05, 4.69) is 10.5 Å². The third-order valence-electron chi connectivity index (χ3n) is 3.37. The Balaban J connectivity index is 2.07. The maximum Gasteiger partial charge on any atom is 0.271 e. The molecule has 5 N–H and O–H groups in total. The first kappa shape index (κ1) is 18.5. The Hall–Kier alpha value is -2.86. The zero-order valence-corrected chi connectivity index (χ0v) is 14.7. The van der Waals surface area contributed by atoms with Crippen molar-refractivity contribution in [2.75, 3.05) is 11.5 Å². The van der Waals surface area contributed by atoms with E-state index in [4.69, 9.17) is 16.2 Å². The van der Waals surface area contributed by atoms with Crippen LogP contribution in [-0.2, 0) is 11.3 Å². The fourth-order valence-electron chi connectivity index (χ4n) is 2.03. The summed E-state index contributed by atoms with van der Waals surface area (Å²) in [6, 6.07) is 12.1. The second-order valence-corrected chi connectivity index (χ2v) is 6.68. The minimum Gasteiger partial charge on any atom is -0.399 e. The van der Waals surface area contributed by atoms with Crippen molar-refractivity contribution in [2.45, 2.75) is 33.0 Å². The van der Waals surface area contributed by atoms with Gasteiger partial charge in [-0.2, -0.15) is 5.10 Å². The first-order chi connectivity index (χ1) is 11.7. The van der Waals surface area contributed by atoms with Crippen LogP contribution in [0.25, 0.3) is 0 Å². The number of nitrogens with two attached hydrogens (primary N) is 2. The number of hydrazone groups is 1. The van der Waals surface area contributed by atoms with Crippen LogP contribution in [0.2, 0.25) is 0 Å². The van der Waals surface area contributed by atoms with Crippen LogP contribution in [0, 0.1) is 0 Å². The molecule has 0 aliphatic carbocycles. The van der Waals surface area contributed by atoms with Crippen molar-refractivity contribution in [3.63, 3.8) is 0 Å². The maximum absolute atomic E-state index is 12.0. The standard InChI is InChI=1S/C19H24N4O2/c1-19(2,3)25-12-15-10-17(21)9-6-14(15)11-22-23-18(24)13-4-7-16(20)8-5-13/h4-11H,12,20-21H2,1-3H3,(H,23,24)/b22-11+. The number of ether oxygens (including phenoxy) is 1. The highest BCUT2D eigenvalue weighted by Crippen LogP contribution is 2.17. The van der Waals surface area contributed by atoms with E-state index in [0.717, 1.165) is 11.1 Å². The van der Waals surface area contributed by atoms with Crippen LogP contribution in [0.3, 0.4) is 0 Å². The number of nitrogens with one attached hydrogen (secondary N) is 1. The van der Waals surface area contributed by atoms with Gasteiger partial charge in [0, 0.05) is 22.5 Å². The molecule has 0 bridgehead atoms. The Morgan fingerprint density at radius 2 is 1.76 bits per heavy atom. The molecule has 0 aliphatic heterocycles. The van der Waals surface area contributed by atoms with Crippen molar-refractivity contribution in [2.24, 2.45) is 5.10 Å². The fraction of sp³-hybridized carbons (Fsp3) is 0.263. The van der Waals surface area contributed by atoms with Crippen molar-refractivity contribution >= 4 is 23.5 Å². The van der Waals surface area contributed by atoms with E-state index in [1.54, 1.807) is 36.5 Å². The monoisotopic (exact) mass is 340 g/mol. The minimum absolute atomic E-state index is 0.262. The van der Waals surface area contributed by atoms with Gasteiger partial charge in [-0.05, 0) is 62.7 Å². The maximum atomic E-state index is 12.0. The van der Waals surface area contributed by atoms with Gasteiger partial charge in [0.1, 0.15) is 0 Å². The van der Waals surface area contributed by atoms with E-state index >= 15 is 0 Å². The van der Waals surface area contributed by atoms with Crippen molar-refractivity contribution in [1.29, 1.82) is 0 Å². The summed E-state index contributed by atoms with van der Waals surface area (Å²) in [6.45, 7) is 6.36. The van der Waals surface area contributed by atoms with E-state index in [9.17, 15) is 4.79 Å². The van der Waals surface area contributed by atoms with Crippen LogP contribution in [-0.4, -0.2) is 17.7 Å². The molecule has 0 spiro atoms. The van der Waals surface area contributed by atoms with Gasteiger partial charge in [0.25, 0.3) is 5.91 Å². The van der Waals surface area contributed by atoms with Crippen LogP contribution in [0.1, 0.15) is 42.3 Å². The van der Waals surface area contributed by atoms with E-state index in [1.807, 2.05) is 32.9 Å². The van der Waals surface area contributed by atoms with Gasteiger partial charge in [-0.3, -0.25) is 4.79 Å². The molecule has 0 heterocycles. The quantitative estimate of drug-likeness (QED) is 0.442. The normalized spacial score (nSPS) is 11.6. The van der Waals surface area contributed by atoms with Gasteiger partial charge in [0.15, 0.2) is 0 Å². The molecular weight excluding hydrogens is 316 g/mol. The van der Waals surface area contributed by atoms with Gasteiger partial charge >= 0.3 is 0 Å². The van der Waals surface area contributed by atoms with Crippen molar-refractivity contribution in [1.82, 2.24) is 5.43 Å². The Morgan fingerprint density at radius 1 is 1.12 bits per heavy atom. The lowest BCUT2D eigenvalue weighted by Crippen LogP contribution is -2.19. The summed E-state index contributed by atoms with van der Waals surface area (Å²) in [6.07, 6.45) is 1.58. The number of carbonyl (C=O) groups is 1. The van der Waals surface area contributed by atoms with Crippen LogP contribution in [0.5, 0.6) is 0 Å². The molecule has 0 atom stereocenters. The van der Waals surface area contributed by atoms with Gasteiger partial charge in [-0.25, -0.2) is 5.43 Å². The molecular formula is C19H24N4O2. The number of benzene rings is 2. The number of nitrogens with zero attached hydrogens (tertiary/aromatic N) is 1. The molecule has 0 radical (unpaired) electrons. The summed E-state index contributed by atoms with van der Waals surface area (Å²) in [7, 11) is 0. The van der Waals surface area contributed by atoms with E-state index in [-0.39, 0.29) is 11.5 Å². The Bertz CT molecular complexity index is 762. The molecule has 0 unspecified atom stereocenters. The number of hydrogen-bond donors (Lipinski definition) is 3. The zero-order chi connectivity index (χ0) is 18.4. The van der Waals surface area contributed by atoms with Crippen LogP contribution < -0.4 is 16.9 Å². The molecule has 0 aliphatic rings. The van der Waals surface area contributed by atoms with Gasteiger partial charge in [-0.1, -0.05) is 6.07 Å². The molecule has 2 aromatic rings. The fourth-order valence-corrected chi connectivity index (χ4v) is 2.03. The summed E-state index contributed by atoms with van der Waals surface area (Å²) in [4.78, 5) is 12.0. The molecule has 0 fully saturated rings. The number of rotatable bonds is 5. The van der Waals surface area contributed by atoms with Crippen molar-refractivity contribution in [3.8, 4) is 0 Å². The highest BCUT2D eigenvalue weighted by atomic mass is 16.5. The molecule has 132 valence electrons. The predicted molar refractivity (Wildman–Crippen MR) is 101 cm³/mol. The molecule has 2 rings (SSSR count). The largest absolute Gasteiger partial charge is 0.399 e. The average Bonchev–Trinajstić information content (AvgIpc) is 2.54. The predicted octanol–water partition coefficient (Wildman–Crippen LogP) is 2.93. The lowest BCUT2D eigenvalue weighted by molar-refractivity contribution is -0.0149. The lowest BCUT2D eigenvalue weighted by atomic mass is 10.1. The van der Waals surface area contributed by atoms with E-state index in [0.29, 0.717) is 23.5 Å². The third-order valence-corrected chi connectivity index (χ3v) is 3.37. The SMILES string of the molecule is CC(C)(C)OCc1cc(N)ccc1/C=N/NC(=O)c1ccc(N)cc1. The second kappa shape index (κ2) is 7.81. The summed E-state index contributed by atoms with van der Waals surface area (Å²) in [5.41, 5.74) is 17.2. The molecule has 1 amide bonds. The van der Waals surface area contributed by atoms with Gasteiger partial charge in [0.05, 0.1) is 18.4 Å². The summed E-state index contributed by atoms with van der Waals surface area (Å²) in [5.74, 6) is -0.306. The Labute approximate surface area is 147 Å². The third kappa shape index (κ3) is 5.93. The van der Waals surface area contributed by atoms with Gasteiger partial charge in [0.2, 0.25) is 0 Å². The number of amides is 1. The average molecular weight is 340 g/mol. The molecule has 2 aromatic carbocycles. The number of anilines is 2. The molecule has 0 saturated heterocycles. The zero-order valence-electron chi connectivity index (χ0n) is 14.7. The molecule has 6 nitrogen and oxygen atoms in total. The lowest BCUT2D eigenvalue weighted by Gasteiger charge is -2.20. The van der Waals surface area contributed by atoms with Crippen molar-refractivity contribution in [3.05, 3.63) is 59.2 Å². The van der Waals surface area contributed by atoms with E-state index < -0.39 is 0 Å². The summed E-state index contributed by atoms with van der Waals surface area (Å²) >= 11 is 0. The second-order valence-electron chi connectivity index (χ2n) is 6.68. The number of carbonyl (C=O) groups excluding carboxylic acids is 1. The van der Waals surface area contributed by atoms with E-state index in [1.165, 1.54) is 0 Å². The Kier molecular flexibility index (Phi) is 5.77. The highest BCUT2D eigenvalue weighted by Gasteiger charge is 2.12. The van der Waals surface area contributed by atoms with Crippen LogP contribution in [0.4, 0.5) is 11.4 Å². The van der Waals surface area contributed by atoms with Crippen LogP contribution >= 0.6 is 0 Å². The summed E-state index contributed by atoms with van der Waals surface area (Å²) < 4.78 is 5.80. The summed E-state index contributed by atoms with van der Waals surface area (Å²) in [5, 5.41) is 4.02. The number of nitrogen functional groups attached to an aromatic ring is 2. The topological polar surface area (TPSA) is 103 Å². The van der Waals surface area contributed by atoms with Gasteiger partial charge in [-0.15, -0.1) is 0 Å². The number of hydrogen-bond acceptors (Lipinski definition) is 5. The molecule has 0 saturated carbocycles. The van der Waals surface area contributed by atoms with Gasteiger partial charge < -0.3 is 16.2 Å². The Morgan fingerprint density at radius 3 is 2.40 bits per heavy atom. The molecule has 25 heavy (non-hydrogen) atoms. The first-order valence-electron chi connectivity index (χ1n) is 7.96. The molecule has 0 aromatic heterocycles. The minimum atomic E-state index is -0.306. The first-order valence-corrected chi connectivity index (χ1v) is 7.96.